The van der Waals surface area contributed by atoms with Crippen molar-refractivity contribution in [1.29, 1.82) is 0 Å². The SMILES string of the molecule is C[C@@H]1[C@H](O)[C@@H](C)C=CC=CC=CC=CC=CC=CC=C[C@H](O)C[C@@H]2O[C@](O)(C[C@@H](O)C[C@@H](O)[C@H](O)CC[C@@H](O)C[C@H](O)CC(=O)O[C@H]1C)C[C@H](O)[C@H]2C(=O)O. The average Bonchev–Trinajstić information content (AvgIpc) is 3.08. The fourth-order valence-electron chi connectivity index (χ4n) is 6.53. The van der Waals surface area contributed by atoms with Crippen molar-refractivity contribution in [3.05, 3.63) is 85.1 Å². The Labute approximate surface area is 323 Å². The average molecular weight is 779 g/mol. The molecule has 2 aliphatic rings. The molecule has 2 aliphatic heterocycles. The number of fused-ring (bicyclic) bond motifs is 2. The van der Waals surface area contributed by atoms with Gasteiger partial charge in [0, 0.05) is 37.5 Å². The number of aliphatic hydroxyl groups excluding tert-OH is 8. The largest absolute Gasteiger partial charge is 0.481 e. The van der Waals surface area contributed by atoms with Crippen molar-refractivity contribution in [2.45, 2.75) is 139 Å². The van der Waals surface area contributed by atoms with Gasteiger partial charge in [-0.05, 0) is 26.2 Å². The molecule has 310 valence electrons. The smallest absolute Gasteiger partial charge is 0.311 e. The van der Waals surface area contributed by atoms with E-state index in [1.807, 2.05) is 43.4 Å². The third-order valence-electron chi connectivity index (χ3n) is 9.83. The summed E-state index contributed by atoms with van der Waals surface area (Å²) < 4.78 is 11.1. The van der Waals surface area contributed by atoms with E-state index in [9.17, 15) is 60.7 Å². The van der Waals surface area contributed by atoms with Crippen LogP contribution in [0.25, 0.3) is 0 Å². The molecule has 0 spiro atoms. The van der Waals surface area contributed by atoms with Crippen LogP contribution >= 0.6 is 0 Å². The number of aliphatic hydroxyl groups is 9. The van der Waals surface area contributed by atoms with E-state index in [0.717, 1.165) is 0 Å². The Kier molecular flexibility index (Phi) is 21.2. The lowest BCUT2D eigenvalue weighted by molar-refractivity contribution is -0.300. The van der Waals surface area contributed by atoms with Crippen LogP contribution in [0.15, 0.2) is 85.1 Å². The van der Waals surface area contributed by atoms with Crippen molar-refractivity contribution >= 4 is 11.9 Å². The van der Waals surface area contributed by atoms with Crippen LogP contribution in [0.5, 0.6) is 0 Å². The summed E-state index contributed by atoms with van der Waals surface area (Å²) in [5.41, 5.74) is 0. The number of carboxylic acids is 1. The minimum absolute atomic E-state index is 0.0747. The van der Waals surface area contributed by atoms with Gasteiger partial charge in [0.1, 0.15) is 12.0 Å². The first kappa shape index (κ1) is 47.9. The number of carbonyl (C=O) groups is 2. The molecule has 14 nitrogen and oxygen atoms in total. The second-order valence-electron chi connectivity index (χ2n) is 14.7. The monoisotopic (exact) mass is 778 g/mol. The van der Waals surface area contributed by atoms with Crippen molar-refractivity contribution in [1.82, 2.24) is 0 Å². The van der Waals surface area contributed by atoms with E-state index in [1.165, 1.54) is 6.08 Å². The molecule has 1 saturated heterocycles. The molecule has 0 aromatic heterocycles. The van der Waals surface area contributed by atoms with Gasteiger partial charge in [-0.3, -0.25) is 9.59 Å². The minimum atomic E-state index is -2.22. The second-order valence-corrected chi connectivity index (χ2v) is 14.7. The molecule has 14 atom stereocenters. The van der Waals surface area contributed by atoms with Crippen LogP contribution in [-0.4, -0.2) is 130 Å². The summed E-state index contributed by atoms with van der Waals surface area (Å²) in [5, 5.41) is 105. The van der Waals surface area contributed by atoms with Crippen molar-refractivity contribution in [3.63, 3.8) is 0 Å². The summed E-state index contributed by atoms with van der Waals surface area (Å²) in [6.07, 6.45) is 9.09. The lowest BCUT2D eigenvalue weighted by Gasteiger charge is -2.44. The van der Waals surface area contributed by atoms with Gasteiger partial charge in [0.2, 0.25) is 0 Å². The molecule has 10 N–H and O–H groups in total. The van der Waals surface area contributed by atoms with E-state index < -0.39 is 116 Å². The molecule has 2 heterocycles. The van der Waals surface area contributed by atoms with Gasteiger partial charge in [0.05, 0.1) is 61.4 Å². The number of rotatable bonds is 1. The van der Waals surface area contributed by atoms with Gasteiger partial charge < -0.3 is 60.5 Å². The lowest BCUT2D eigenvalue weighted by atomic mass is 9.82. The van der Waals surface area contributed by atoms with Crippen LogP contribution in [0.4, 0.5) is 0 Å². The van der Waals surface area contributed by atoms with Gasteiger partial charge in [-0.1, -0.05) is 98.9 Å². The van der Waals surface area contributed by atoms with Crippen LogP contribution in [0.1, 0.15) is 72.1 Å². The quantitative estimate of drug-likeness (QED) is 0.171. The topological polar surface area (TPSA) is 255 Å². The zero-order valence-electron chi connectivity index (χ0n) is 31.9. The predicted octanol–water partition coefficient (Wildman–Crippen LogP) is 1.89. The maximum absolute atomic E-state index is 12.5. The Morgan fingerprint density at radius 2 is 1.20 bits per heavy atom. The molecule has 0 aromatic carbocycles. The summed E-state index contributed by atoms with van der Waals surface area (Å²) in [6, 6.07) is 0. The van der Waals surface area contributed by atoms with Crippen molar-refractivity contribution < 1.29 is 70.1 Å². The van der Waals surface area contributed by atoms with Crippen molar-refractivity contribution in [2.75, 3.05) is 0 Å². The third kappa shape index (κ3) is 18.0. The Morgan fingerprint density at radius 3 is 1.76 bits per heavy atom. The van der Waals surface area contributed by atoms with E-state index in [1.54, 1.807) is 56.4 Å². The van der Waals surface area contributed by atoms with E-state index in [2.05, 4.69) is 0 Å². The minimum Gasteiger partial charge on any atom is -0.481 e. The number of hydrogen-bond donors (Lipinski definition) is 10. The Morgan fingerprint density at radius 1 is 0.655 bits per heavy atom. The highest BCUT2D eigenvalue weighted by atomic mass is 16.6. The highest BCUT2D eigenvalue weighted by Gasteiger charge is 2.50. The molecule has 0 amide bonds. The molecular weight excluding hydrogens is 716 g/mol. The van der Waals surface area contributed by atoms with Crippen molar-refractivity contribution in [3.8, 4) is 0 Å². The van der Waals surface area contributed by atoms with Gasteiger partial charge in [0.25, 0.3) is 0 Å². The van der Waals surface area contributed by atoms with Gasteiger partial charge in [-0.2, -0.15) is 0 Å². The number of aliphatic carboxylic acids is 1. The van der Waals surface area contributed by atoms with E-state index >= 15 is 0 Å². The molecule has 1 fully saturated rings. The maximum atomic E-state index is 12.5. The van der Waals surface area contributed by atoms with Gasteiger partial charge >= 0.3 is 11.9 Å². The fourth-order valence-corrected chi connectivity index (χ4v) is 6.53. The van der Waals surface area contributed by atoms with E-state index in [-0.39, 0.29) is 31.6 Å². The second kappa shape index (κ2) is 24.4. The van der Waals surface area contributed by atoms with Gasteiger partial charge in [-0.15, -0.1) is 0 Å². The Balaban J connectivity index is 2.18. The zero-order valence-corrected chi connectivity index (χ0v) is 31.9. The first-order valence-electron chi connectivity index (χ1n) is 18.9. The van der Waals surface area contributed by atoms with Gasteiger partial charge in [-0.25, -0.2) is 0 Å². The standard InChI is InChI=1S/C41H62O14/c1-26-16-14-12-10-8-6-4-5-7-9-11-13-15-17-29(42)22-36-38(40(51)52)35(48)25-41(53,55-36)24-32(45)21-34(47)33(46)19-18-30(43)20-31(44)23-37(49)54-28(3)27(2)39(26)50/h4-17,26-36,38-39,42-48,50,53H,18-25H2,1-3H3,(H,51,52)/t26-,27-,28-,29-,30+,31-,32-,33+,34+,35-,36-,38+,39+,41+/m0/s1. The molecule has 0 aliphatic carbocycles. The fraction of sp³-hybridized carbons (Fsp3) is 0.610. The van der Waals surface area contributed by atoms with Crippen LogP contribution in [-0.2, 0) is 19.1 Å². The molecule has 0 aromatic rings. The first-order chi connectivity index (χ1) is 25.9. The molecule has 0 radical (unpaired) electrons. The normalized spacial score (nSPS) is 39.1. The maximum Gasteiger partial charge on any atom is 0.311 e. The van der Waals surface area contributed by atoms with Crippen LogP contribution in [0.2, 0.25) is 0 Å². The summed E-state index contributed by atoms with van der Waals surface area (Å²) in [4.78, 5) is 24.5. The lowest BCUT2D eigenvalue weighted by Crippen LogP contribution is -2.56. The third-order valence-corrected chi connectivity index (χ3v) is 9.83. The molecule has 2 bridgehead atoms. The number of esters is 1. The summed E-state index contributed by atoms with van der Waals surface area (Å²) in [7, 11) is 0. The van der Waals surface area contributed by atoms with Crippen LogP contribution < -0.4 is 0 Å². The summed E-state index contributed by atoms with van der Waals surface area (Å²) >= 11 is 0. The van der Waals surface area contributed by atoms with Crippen molar-refractivity contribution in [2.24, 2.45) is 17.8 Å². The summed E-state index contributed by atoms with van der Waals surface area (Å²) in [6.45, 7) is 5.24. The van der Waals surface area contributed by atoms with Gasteiger partial charge in [0.15, 0.2) is 5.79 Å². The first-order valence-corrected chi connectivity index (χ1v) is 18.9. The number of cyclic esters (lactones) is 1. The number of ether oxygens (including phenoxy) is 2. The number of carboxylic acid groups (broad SMARTS) is 1. The van der Waals surface area contributed by atoms with Crippen LogP contribution in [0, 0.1) is 17.8 Å². The Bertz CT molecular complexity index is 1370. The highest BCUT2D eigenvalue weighted by molar-refractivity contribution is 5.71. The number of allylic oxidation sites excluding steroid dienone is 12. The number of carbonyl (C=O) groups excluding carboxylic acids is 1. The molecule has 0 unspecified atom stereocenters. The molecule has 14 heteroatoms. The molecular formula is C41H62O14. The predicted molar refractivity (Wildman–Crippen MR) is 204 cm³/mol. The Hall–Kier alpha value is -3.28. The number of hydrogen-bond acceptors (Lipinski definition) is 13. The highest BCUT2D eigenvalue weighted by Crippen LogP contribution is 2.37. The summed E-state index contributed by atoms with van der Waals surface area (Å²) in [5.74, 6) is -6.50. The van der Waals surface area contributed by atoms with Crippen LogP contribution in [0.3, 0.4) is 0 Å². The molecule has 0 saturated carbocycles. The molecule has 2 rings (SSSR count). The van der Waals surface area contributed by atoms with E-state index in [4.69, 9.17) is 9.47 Å². The zero-order chi connectivity index (χ0) is 41.1. The van der Waals surface area contributed by atoms with E-state index in [0.29, 0.717) is 0 Å². The molecule has 55 heavy (non-hydrogen) atoms.